The van der Waals surface area contributed by atoms with Crippen LogP contribution < -0.4 is 21.3 Å². The zero-order valence-electron chi connectivity index (χ0n) is 38.6. The minimum absolute atomic E-state index is 0.0157. The van der Waals surface area contributed by atoms with Gasteiger partial charge in [0.05, 0.1) is 16.7 Å². The normalized spacial score (nSPS) is 12.5. The SMILES string of the molecule is CCCCCc1cc2c3c(c1)N(c1c(-c4ccccc4)cc(-c4ccccc4)cc1-c1ccccc1)c1cc(-n4c5ccccc5c5ccccc54)ccc1B3c1cc(-c3ccccc3)ccc1S2. The van der Waals surface area contributed by atoms with Crippen molar-refractivity contribution in [2.24, 2.45) is 0 Å². The summed E-state index contributed by atoms with van der Waals surface area (Å²) < 4.78 is 2.48. The van der Waals surface area contributed by atoms with Gasteiger partial charge >= 0.3 is 0 Å². The minimum Gasteiger partial charge on any atom is -0.310 e. The van der Waals surface area contributed by atoms with Gasteiger partial charge in [0.15, 0.2) is 0 Å². The van der Waals surface area contributed by atoms with Gasteiger partial charge in [-0.25, -0.2) is 0 Å². The third kappa shape index (κ3) is 7.13. The summed E-state index contributed by atoms with van der Waals surface area (Å²) >= 11 is 1.95. The maximum atomic E-state index is 2.69. The first-order valence-corrected chi connectivity index (χ1v) is 25.3. The van der Waals surface area contributed by atoms with Crippen molar-refractivity contribution in [3.8, 4) is 50.2 Å². The van der Waals surface area contributed by atoms with Gasteiger partial charge in [0.1, 0.15) is 0 Å². The quantitative estimate of drug-likeness (QED) is 0.0998. The van der Waals surface area contributed by atoms with Gasteiger partial charge in [-0.2, -0.15) is 0 Å². The summed E-state index contributed by atoms with van der Waals surface area (Å²) in [7, 11) is 0. The van der Waals surface area contributed by atoms with Crippen LogP contribution in [0.15, 0.2) is 240 Å². The molecule has 0 unspecified atom stereocenters. The zero-order chi connectivity index (χ0) is 45.8. The fourth-order valence-electron chi connectivity index (χ4n) is 11.3. The van der Waals surface area contributed by atoms with Crippen LogP contribution in [0.25, 0.3) is 72.0 Å². The molecule has 0 atom stereocenters. The molecule has 0 amide bonds. The second-order valence-electron chi connectivity index (χ2n) is 18.6. The Bertz CT molecular complexity index is 3600. The number of rotatable bonds is 10. The Morgan fingerprint density at radius 3 is 1.59 bits per heavy atom. The fraction of sp³-hybridized carbons (Fsp3) is 0.0769. The van der Waals surface area contributed by atoms with Crippen molar-refractivity contribution in [2.75, 3.05) is 4.90 Å². The van der Waals surface area contributed by atoms with Crippen molar-refractivity contribution < 1.29 is 0 Å². The maximum absolute atomic E-state index is 2.69. The molecule has 0 bridgehead atoms. The Morgan fingerprint density at radius 1 is 0.420 bits per heavy atom. The molecule has 0 spiro atoms. The number of anilines is 3. The third-order valence-electron chi connectivity index (χ3n) is 14.4. The highest BCUT2D eigenvalue weighted by molar-refractivity contribution is 8.00. The number of hydrogen-bond acceptors (Lipinski definition) is 2. The third-order valence-corrected chi connectivity index (χ3v) is 15.6. The molecule has 13 rings (SSSR count). The van der Waals surface area contributed by atoms with Crippen LogP contribution >= 0.6 is 11.8 Å². The van der Waals surface area contributed by atoms with Crippen molar-refractivity contribution in [3.05, 3.63) is 236 Å². The maximum Gasteiger partial charge on any atom is 0.249 e. The summed E-state index contributed by atoms with van der Waals surface area (Å²) in [5.74, 6) is 0. The van der Waals surface area contributed by atoms with E-state index in [0.717, 1.165) is 18.5 Å². The number of para-hydroxylation sites is 2. The van der Waals surface area contributed by atoms with Crippen LogP contribution in [0.3, 0.4) is 0 Å². The average Bonchev–Trinajstić information content (AvgIpc) is 3.75. The molecule has 0 saturated heterocycles. The molecule has 2 aliphatic rings. The van der Waals surface area contributed by atoms with E-state index in [1.807, 2.05) is 11.8 Å². The predicted octanol–water partition coefficient (Wildman–Crippen LogP) is 15.9. The van der Waals surface area contributed by atoms with Crippen molar-refractivity contribution in [2.45, 2.75) is 42.4 Å². The van der Waals surface area contributed by atoms with Crippen LogP contribution in [0, 0.1) is 0 Å². The molecule has 0 saturated carbocycles. The minimum atomic E-state index is 0.0157. The average molecular weight is 901 g/mol. The summed E-state index contributed by atoms with van der Waals surface area (Å²) in [6, 6.07) is 86.3. The molecule has 3 heterocycles. The zero-order valence-corrected chi connectivity index (χ0v) is 39.5. The number of aromatic nitrogens is 1. The molecule has 10 aromatic carbocycles. The molecule has 0 fully saturated rings. The summed E-state index contributed by atoms with van der Waals surface area (Å²) in [5, 5.41) is 2.52. The fourth-order valence-corrected chi connectivity index (χ4v) is 12.5. The molecule has 2 aliphatic heterocycles. The largest absolute Gasteiger partial charge is 0.310 e. The van der Waals surface area contributed by atoms with Crippen LogP contribution in [0.4, 0.5) is 17.1 Å². The summed E-state index contributed by atoms with van der Waals surface area (Å²) in [6.45, 7) is 2.32. The molecule has 0 aliphatic carbocycles. The Labute approximate surface area is 409 Å². The van der Waals surface area contributed by atoms with E-state index in [1.165, 1.54) is 128 Å². The van der Waals surface area contributed by atoms with Gasteiger partial charge in [-0.05, 0) is 117 Å². The smallest absolute Gasteiger partial charge is 0.249 e. The second kappa shape index (κ2) is 17.4. The first-order valence-electron chi connectivity index (χ1n) is 24.5. The van der Waals surface area contributed by atoms with Crippen LogP contribution in [-0.4, -0.2) is 11.3 Å². The number of fused-ring (bicyclic) bond motifs is 7. The van der Waals surface area contributed by atoms with Crippen molar-refractivity contribution in [1.29, 1.82) is 0 Å². The van der Waals surface area contributed by atoms with E-state index < -0.39 is 0 Å². The van der Waals surface area contributed by atoms with Crippen molar-refractivity contribution in [3.63, 3.8) is 0 Å². The molecule has 69 heavy (non-hydrogen) atoms. The standard InChI is InChI=1S/C65H49BN2S/c1-2-3-8-21-44-38-61-64-63(39-44)69-62-37-34-49(45-22-9-4-10-23-45)42-57(62)66(64)56-36-35-51(67-58-32-19-17-30-52(58)53-31-18-20-33-59(53)67)43-60(56)68(61)65-54(47-26-13-6-14-27-47)40-50(46-24-11-5-12-25-46)41-55(65)48-28-15-7-16-29-48/h4-7,9-20,22-43H,2-3,8,21H2,1H3. The highest BCUT2D eigenvalue weighted by Crippen LogP contribution is 2.51. The number of nitrogens with zero attached hydrogens (tertiary/aromatic N) is 2. The van der Waals surface area contributed by atoms with Gasteiger partial charge < -0.3 is 9.47 Å². The Balaban J connectivity index is 1.16. The molecule has 11 aromatic rings. The first kappa shape index (κ1) is 41.4. The monoisotopic (exact) mass is 900 g/mol. The van der Waals surface area contributed by atoms with Gasteiger partial charge in [-0.15, -0.1) is 0 Å². The van der Waals surface area contributed by atoms with Crippen molar-refractivity contribution >= 4 is 73.7 Å². The van der Waals surface area contributed by atoms with Gasteiger partial charge in [0.2, 0.25) is 6.71 Å². The van der Waals surface area contributed by atoms with Gasteiger partial charge in [-0.3, -0.25) is 0 Å². The van der Waals surface area contributed by atoms with E-state index in [1.54, 1.807) is 0 Å². The van der Waals surface area contributed by atoms with Crippen LogP contribution in [0.2, 0.25) is 0 Å². The molecule has 0 radical (unpaired) electrons. The van der Waals surface area contributed by atoms with Crippen molar-refractivity contribution in [1.82, 2.24) is 4.57 Å². The molecule has 2 nitrogen and oxygen atoms in total. The highest BCUT2D eigenvalue weighted by atomic mass is 32.2. The lowest BCUT2D eigenvalue weighted by Gasteiger charge is -2.42. The molecule has 4 heteroatoms. The Morgan fingerprint density at radius 2 is 0.986 bits per heavy atom. The van der Waals surface area contributed by atoms with Crippen LogP contribution in [-0.2, 0) is 6.42 Å². The number of aryl methyl sites for hydroxylation is 1. The van der Waals surface area contributed by atoms with E-state index >= 15 is 0 Å². The van der Waals surface area contributed by atoms with Crippen LogP contribution in [0.5, 0.6) is 0 Å². The molecule has 1 aromatic heterocycles. The number of hydrogen-bond donors (Lipinski definition) is 0. The van der Waals surface area contributed by atoms with Gasteiger partial charge in [0.25, 0.3) is 0 Å². The van der Waals surface area contributed by atoms with E-state index in [2.05, 4.69) is 247 Å². The molecule has 328 valence electrons. The first-order chi connectivity index (χ1) is 34.2. The van der Waals surface area contributed by atoms with E-state index in [-0.39, 0.29) is 6.71 Å². The second-order valence-corrected chi connectivity index (χ2v) is 19.7. The molecular weight excluding hydrogens is 852 g/mol. The lowest BCUT2D eigenvalue weighted by Crippen LogP contribution is -2.60. The molecular formula is C65H49BN2S. The summed E-state index contributed by atoms with van der Waals surface area (Å²) in [6.07, 6.45) is 4.58. The number of unbranched alkanes of at least 4 members (excludes halogenated alkanes) is 2. The topological polar surface area (TPSA) is 8.17 Å². The highest BCUT2D eigenvalue weighted by Gasteiger charge is 2.43. The van der Waals surface area contributed by atoms with E-state index in [9.17, 15) is 0 Å². The van der Waals surface area contributed by atoms with Gasteiger partial charge in [0, 0.05) is 48.8 Å². The lowest BCUT2D eigenvalue weighted by molar-refractivity contribution is 0.717. The summed E-state index contributed by atoms with van der Waals surface area (Å²) in [4.78, 5) is 5.38. The van der Waals surface area contributed by atoms with E-state index in [4.69, 9.17) is 0 Å². The number of benzene rings is 10. The predicted molar refractivity (Wildman–Crippen MR) is 296 cm³/mol. The summed E-state index contributed by atoms with van der Waals surface area (Å²) in [5.41, 5.74) is 22.3. The molecule has 0 N–H and O–H groups in total. The Hall–Kier alpha value is -7.79. The van der Waals surface area contributed by atoms with Crippen LogP contribution in [0.1, 0.15) is 31.7 Å². The lowest BCUT2D eigenvalue weighted by atomic mass is 9.34. The van der Waals surface area contributed by atoms with E-state index in [0.29, 0.717) is 0 Å². The Kier molecular flexibility index (Phi) is 10.4. The van der Waals surface area contributed by atoms with Gasteiger partial charge in [-0.1, -0.05) is 213 Å².